The van der Waals surface area contributed by atoms with Gasteiger partial charge in [-0.1, -0.05) is 30.3 Å². The molecule has 1 unspecified atom stereocenters. The van der Waals surface area contributed by atoms with Gasteiger partial charge >= 0.3 is 11.2 Å². The van der Waals surface area contributed by atoms with Gasteiger partial charge in [0, 0.05) is 0 Å². The number of ether oxygens (including phenoxy) is 1. The largest absolute Gasteiger partial charge is 0.452 e. The van der Waals surface area contributed by atoms with Gasteiger partial charge in [-0.3, -0.25) is 0 Å². The Hall–Kier alpha value is -1.62. The van der Waals surface area contributed by atoms with Crippen molar-refractivity contribution in [2.45, 2.75) is 18.3 Å². The molecular weight excluding hydrogens is 270 g/mol. The Labute approximate surface area is 114 Å². The van der Waals surface area contributed by atoms with E-state index in [1.165, 1.54) is 0 Å². The predicted molar refractivity (Wildman–Crippen MR) is 72.8 cm³/mol. The van der Waals surface area contributed by atoms with E-state index >= 15 is 0 Å². The molecule has 0 aliphatic heterocycles. The molecule has 0 aliphatic carbocycles. The summed E-state index contributed by atoms with van der Waals surface area (Å²) in [6, 6.07) is 12.4. The summed E-state index contributed by atoms with van der Waals surface area (Å²) in [5.74, 6) is -0.785. The number of benzene rings is 2. The van der Waals surface area contributed by atoms with Crippen molar-refractivity contribution in [2.75, 3.05) is 0 Å². The molecule has 1 atom stereocenters. The van der Waals surface area contributed by atoms with Crippen LogP contribution in [0.1, 0.15) is 17.3 Å². The van der Waals surface area contributed by atoms with Gasteiger partial charge in [0.15, 0.2) is 6.10 Å². The Morgan fingerprint density at radius 2 is 1.84 bits per heavy atom. The van der Waals surface area contributed by atoms with E-state index in [0.29, 0.717) is 0 Å². The van der Waals surface area contributed by atoms with Crippen LogP contribution in [0.4, 0.5) is 8.78 Å². The van der Waals surface area contributed by atoms with Gasteiger partial charge in [-0.15, -0.1) is 12.6 Å². The predicted octanol–water partition coefficient (Wildman–Crippen LogP) is 3.91. The Morgan fingerprint density at radius 3 is 2.47 bits per heavy atom. The maximum absolute atomic E-state index is 12.8. The summed E-state index contributed by atoms with van der Waals surface area (Å²) in [6.45, 7) is 1.10. The molecule has 5 heteroatoms. The van der Waals surface area contributed by atoms with Gasteiger partial charge < -0.3 is 4.74 Å². The normalized spacial score (nSPS) is 13.3. The molecule has 0 saturated carbocycles. The quantitative estimate of drug-likeness (QED) is 0.682. The summed E-state index contributed by atoms with van der Waals surface area (Å²) in [6.07, 6.45) is -1.59. The highest BCUT2D eigenvalue weighted by molar-refractivity contribution is 7.81. The van der Waals surface area contributed by atoms with Crippen molar-refractivity contribution in [2.24, 2.45) is 0 Å². The first kappa shape index (κ1) is 13.8. The summed E-state index contributed by atoms with van der Waals surface area (Å²) in [7, 11) is 0. The number of alkyl halides is 2. The lowest BCUT2D eigenvalue weighted by Crippen LogP contribution is -2.30. The summed E-state index contributed by atoms with van der Waals surface area (Å²) in [5, 5.41) is -1.54. The molecule has 2 rings (SSSR count). The number of carbonyl (C=O) groups excluding carboxylic acids is 1. The summed E-state index contributed by atoms with van der Waals surface area (Å²) < 4.78 is 30.3. The Morgan fingerprint density at radius 1 is 1.21 bits per heavy atom. The highest BCUT2D eigenvalue weighted by Gasteiger charge is 2.35. The van der Waals surface area contributed by atoms with Gasteiger partial charge in [0.1, 0.15) is 0 Å². The molecule has 0 amide bonds. The van der Waals surface area contributed by atoms with Crippen LogP contribution in [0.15, 0.2) is 42.5 Å². The van der Waals surface area contributed by atoms with Crippen LogP contribution in [0.2, 0.25) is 0 Å². The van der Waals surface area contributed by atoms with Crippen molar-refractivity contribution in [1.29, 1.82) is 0 Å². The van der Waals surface area contributed by atoms with Crippen LogP contribution in [0.5, 0.6) is 0 Å². The van der Waals surface area contributed by atoms with Gasteiger partial charge in [0.05, 0.1) is 5.56 Å². The fraction of sp³-hybridized carbons (Fsp3) is 0.214. The maximum Gasteiger partial charge on any atom is 0.338 e. The molecule has 0 spiro atoms. The molecule has 0 aliphatic rings. The molecule has 19 heavy (non-hydrogen) atoms. The van der Waals surface area contributed by atoms with Gasteiger partial charge in [-0.25, -0.2) is 4.79 Å². The van der Waals surface area contributed by atoms with Crippen LogP contribution in [-0.2, 0) is 4.74 Å². The zero-order valence-corrected chi connectivity index (χ0v) is 11.0. The van der Waals surface area contributed by atoms with Crippen molar-refractivity contribution < 1.29 is 18.3 Å². The highest BCUT2D eigenvalue weighted by Crippen LogP contribution is 2.26. The average Bonchev–Trinajstić information content (AvgIpc) is 2.37. The first-order valence-corrected chi connectivity index (χ1v) is 6.12. The van der Waals surface area contributed by atoms with Crippen molar-refractivity contribution in [1.82, 2.24) is 0 Å². The number of fused-ring (bicyclic) bond motifs is 1. The zero-order chi connectivity index (χ0) is 14.0. The number of rotatable bonds is 3. The number of carbonyl (C=O) groups is 1. The SMILES string of the molecule is CC(OC(=O)c1ccc2ccccc2c1)C(F)(F)S. The third-order valence-corrected chi connectivity index (χ3v) is 3.12. The van der Waals surface area contributed by atoms with Gasteiger partial charge in [0.2, 0.25) is 0 Å². The summed E-state index contributed by atoms with van der Waals surface area (Å²) in [4.78, 5) is 11.8. The molecule has 2 aromatic carbocycles. The van der Waals surface area contributed by atoms with E-state index in [-0.39, 0.29) is 5.56 Å². The third-order valence-electron chi connectivity index (χ3n) is 2.76. The van der Waals surface area contributed by atoms with Crippen LogP contribution in [0.3, 0.4) is 0 Å². The third kappa shape index (κ3) is 3.23. The smallest absolute Gasteiger partial charge is 0.338 e. The second-order valence-electron chi connectivity index (χ2n) is 4.20. The lowest BCUT2D eigenvalue weighted by molar-refractivity contribution is -0.0439. The second-order valence-corrected chi connectivity index (χ2v) is 4.79. The standard InChI is InChI=1S/C14H12F2O2S/c1-9(14(15,16)19)18-13(17)12-7-6-10-4-2-3-5-11(10)8-12/h2-9,19H,1H3. The highest BCUT2D eigenvalue weighted by atomic mass is 32.1. The van der Waals surface area contributed by atoms with E-state index in [9.17, 15) is 13.6 Å². The van der Waals surface area contributed by atoms with E-state index < -0.39 is 17.3 Å². The Kier molecular flexibility index (Phi) is 3.75. The van der Waals surface area contributed by atoms with E-state index in [2.05, 4.69) is 17.4 Å². The van der Waals surface area contributed by atoms with E-state index in [0.717, 1.165) is 17.7 Å². The van der Waals surface area contributed by atoms with E-state index in [4.69, 9.17) is 0 Å². The number of esters is 1. The van der Waals surface area contributed by atoms with Gasteiger partial charge in [-0.2, -0.15) is 8.78 Å². The molecule has 2 nitrogen and oxygen atoms in total. The molecule has 0 heterocycles. The van der Waals surface area contributed by atoms with Crippen LogP contribution >= 0.6 is 12.6 Å². The number of halogens is 2. The molecule has 0 fully saturated rings. The second kappa shape index (κ2) is 5.17. The fourth-order valence-corrected chi connectivity index (χ4v) is 1.67. The fourth-order valence-electron chi connectivity index (χ4n) is 1.62. The van der Waals surface area contributed by atoms with Crippen molar-refractivity contribution >= 4 is 29.4 Å². The molecule has 2 aromatic rings. The maximum atomic E-state index is 12.8. The minimum atomic E-state index is -3.35. The topological polar surface area (TPSA) is 26.3 Å². The Bertz CT molecular complexity index is 608. The minimum Gasteiger partial charge on any atom is -0.452 e. The van der Waals surface area contributed by atoms with Crippen molar-refractivity contribution in [3.05, 3.63) is 48.0 Å². The van der Waals surface area contributed by atoms with Crippen molar-refractivity contribution in [3.8, 4) is 0 Å². The lowest BCUT2D eigenvalue weighted by Gasteiger charge is -2.18. The van der Waals surface area contributed by atoms with E-state index in [1.807, 2.05) is 24.3 Å². The first-order chi connectivity index (χ1) is 8.88. The monoisotopic (exact) mass is 282 g/mol. The minimum absolute atomic E-state index is 0.239. The van der Waals surface area contributed by atoms with Crippen LogP contribution in [0.25, 0.3) is 10.8 Å². The molecule has 0 aromatic heterocycles. The number of hydrogen-bond acceptors (Lipinski definition) is 3. The van der Waals surface area contributed by atoms with Crippen LogP contribution in [0, 0.1) is 0 Å². The molecule has 0 bridgehead atoms. The summed E-state index contributed by atoms with van der Waals surface area (Å²) >= 11 is 3.09. The molecule has 100 valence electrons. The molecule has 0 radical (unpaired) electrons. The van der Waals surface area contributed by atoms with Crippen LogP contribution in [-0.4, -0.2) is 17.3 Å². The molecule has 0 saturated heterocycles. The first-order valence-electron chi connectivity index (χ1n) is 5.68. The van der Waals surface area contributed by atoms with Gasteiger partial charge in [0.25, 0.3) is 0 Å². The number of thiol groups is 1. The lowest BCUT2D eigenvalue weighted by atomic mass is 10.1. The van der Waals surface area contributed by atoms with Crippen LogP contribution < -0.4 is 0 Å². The van der Waals surface area contributed by atoms with E-state index in [1.54, 1.807) is 18.2 Å². The number of hydrogen-bond donors (Lipinski definition) is 1. The van der Waals surface area contributed by atoms with Gasteiger partial charge in [-0.05, 0) is 29.8 Å². The van der Waals surface area contributed by atoms with Crippen molar-refractivity contribution in [3.63, 3.8) is 0 Å². The Balaban J connectivity index is 2.22. The zero-order valence-electron chi connectivity index (χ0n) is 10.1. The summed E-state index contributed by atoms with van der Waals surface area (Å²) in [5.41, 5.74) is 0.239. The average molecular weight is 282 g/mol. The molecular formula is C14H12F2O2S. The molecule has 0 N–H and O–H groups in total.